The summed E-state index contributed by atoms with van der Waals surface area (Å²) in [5, 5.41) is 0. The van der Waals surface area contributed by atoms with Gasteiger partial charge in [0.2, 0.25) is 0 Å². The molecule has 0 spiro atoms. The fraction of sp³-hybridized carbons (Fsp3) is 0.0909. The van der Waals surface area contributed by atoms with Gasteiger partial charge in [0.15, 0.2) is 0 Å². The second kappa shape index (κ2) is 3.46. The van der Waals surface area contributed by atoms with Crippen molar-refractivity contribution in [2.75, 3.05) is 0 Å². The van der Waals surface area contributed by atoms with Gasteiger partial charge in [0.05, 0.1) is 0 Å². The topological polar surface area (TPSA) is 41.8 Å². The van der Waals surface area contributed by atoms with Crippen molar-refractivity contribution >= 4 is 0 Å². The molecule has 0 amide bonds. The van der Waals surface area contributed by atoms with E-state index in [9.17, 15) is 0 Å². The number of rotatable bonds is 2. The molecule has 0 saturated heterocycles. The van der Waals surface area contributed by atoms with Crippen LogP contribution in [-0.2, 0) is 6.54 Å². The summed E-state index contributed by atoms with van der Waals surface area (Å²) in [4.78, 5) is 3.25. The van der Waals surface area contributed by atoms with Gasteiger partial charge in [0, 0.05) is 17.9 Å². The summed E-state index contributed by atoms with van der Waals surface area (Å²) < 4.78 is 0. The van der Waals surface area contributed by atoms with Gasteiger partial charge in [-0.3, -0.25) is 0 Å². The Morgan fingerprint density at radius 1 is 1.00 bits per heavy atom. The maximum atomic E-state index is 5.51. The average molecular weight is 172 g/mol. The van der Waals surface area contributed by atoms with E-state index in [0.717, 1.165) is 11.4 Å². The molecule has 2 heteroatoms. The van der Waals surface area contributed by atoms with Crippen LogP contribution in [0.4, 0.5) is 0 Å². The molecule has 0 unspecified atom stereocenters. The lowest BCUT2D eigenvalue weighted by Crippen LogP contribution is -1.95. The number of aromatic nitrogens is 1. The fourth-order valence-electron chi connectivity index (χ4n) is 1.35. The highest BCUT2D eigenvalue weighted by Crippen LogP contribution is 2.17. The van der Waals surface area contributed by atoms with Gasteiger partial charge in [-0.15, -0.1) is 0 Å². The Bertz CT molecular complexity index is 376. The summed E-state index contributed by atoms with van der Waals surface area (Å²) in [5.74, 6) is 0. The molecule has 2 nitrogen and oxygen atoms in total. The van der Waals surface area contributed by atoms with Crippen molar-refractivity contribution in [3.8, 4) is 11.3 Å². The van der Waals surface area contributed by atoms with Crippen molar-refractivity contribution in [2.45, 2.75) is 6.54 Å². The molecule has 0 bridgehead atoms. The van der Waals surface area contributed by atoms with Crippen LogP contribution in [0.2, 0.25) is 0 Å². The van der Waals surface area contributed by atoms with Crippen LogP contribution in [0.25, 0.3) is 11.3 Å². The van der Waals surface area contributed by atoms with Crippen molar-refractivity contribution in [3.05, 3.63) is 48.2 Å². The van der Waals surface area contributed by atoms with Crippen LogP contribution < -0.4 is 5.73 Å². The van der Waals surface area contributed by atoms with E-state index in [4.69, 9.17) is 5.73 Å². The summed E-state index contributed by atoms with van der Waals surface area (Å²) in [6.45, 7) is 0.562. The van der Waals surface area contributed by atoms with Crippen molar-refractivity contribution in [2.24, 2.45) is 5.73 Å². The number of H-pyrrole nitrogens is 1. The minimum absolute atomic E-state index is 0.562. The molecule has 0 fully saturated rings. The van der Waals surface area contributed by atoms with Crippen LogP contribution in [0.15, 0.2) is 42.5 Å². The molecule has 66 valence electrons. The van der Waals surface area contributed by atoms with Gasteiger partial charge in [-0.1, -0.05) is 30.3 Å². The fourth-order valence-corrected chi connectivity index (χ4v) is 1.35. The van der Waals surface area contributed by atoms with Gasteiger partial charge >= 0.3 is 0 Å². The highest BCUT2D eigenvalue weighted by atomic mass is 14.8. The van der Waals surface area contributed by atoms with E-state index < -0.39 is 0 Å². The minimum Gasteiger partial charge on any atom is -0.357 e. The zero-order valence-corrected chi connectivity index (χ0v) is 7.33. The third-order valence-electron chi connectivity index (χ3n) is 2.05. The first kappa shape index (κ1) is 8.08. The number of hydrogen-bond acceptors (Lipinski definition) is 1. The molecule has 0 atom stereocenters. The molecule has 2 rings (SSSR count). The van der Waals surface area contributed by atoms with E-state index >= 15 is 0 Å². The molecular weight excluding hydrogens is 160 g/mol. The van der Waals surface area contributed by atoms with Gasteiger partial charge in [-0.05, 0) is 17.7 Å². The SMILES string of the molecule is NCc1ccc(-c2ccccc2)[nH]1. The van der Waals surface area contributed by atoms with E-state index in [2.05, 4.69) is 23.2 Å². The van der Waals surface area contributed by atoms with Gasteiger partial charge in [-0.25, -0.2) is 0 Å². The van der Waals surface area contributed by atoms with E-state index in [1.807, 2.05) is 24.3 Å². The molecule has 0 aliphatic carbocycles. The minimum atomic E-state index is 0.562. The number of hydrogen-bond donors (Lipinski definition) is 2. The molecule has 1 aromatic heterocycles. The third kappa shape index (κ3) is 1.63. The van der Waals surface area contributed by atoms with Gasteiger partial charge in [0.1, 0.15) is 0 Å². The quantitative estimate of drug-likeness (QED) is 0.716. The van der Waals surface area contributed by atoms with Gasteiger partial charge < -0.3 is 10.7 Å². The molecule has 2 aromatic rings. The summed E-state index contributed by atoms with van der Waals surface area (Å²) in [6.07, 6.45) is 0. The Balaban J connectivity index is 2.36. The highest BCUT2D eigenvalue weighted by molar-refractivity contribution is 5.59. The lowest BCUT2D eigenvalue weighted by atomic mass is 10.2. The molecule has 1 heterocycles. The van der Waals surface area contributed by atoms with Crippen LogP contribution in [0.5, 0.6) is 0 Å². The predicted molar refractivity (Wildman–Crippen MR) is 54.1 cm³/mol. The first-order valence-electron chi connectivity index (χ1n) is 4.33. The molecule has 0 aliphatic heterocycles. The van der Waals surface area contributed by atoms with E-state index in [0.29, 0.717) is 6.54 Å². The second-order valence-electron chi connectivity index (χ2n) is 2.97. The zero-order chi connectivity index (χ0) is 9.10. The van der Waals surface area contributed by atoms with Crippen LogP contribution >= 0.6 is 0 Å². The number of benzene rings is 1. The first-order chi connectivity index (χ1) is 6.40. The van der Waals surface area contributed by atoms with Crippen molar-refractivity contribution in [1.82, 2.24) is 4.98 Å². The Morgan fingerprint density at radius 3 is 2.38 bits per heavy atom. The van der Waals surface area contributed by atoms with Crippen LogP contribution in [0.3, 0.4) is 0 Å². The smallest absolute Gasteiger partial charge is 0.0456 e. The molecule has 1 aromatic carbocycles. The summed E-state index contributed by atoms with van der Waals surface area (Å²) in [6, 6.07) is 14.3. The maximum Gasteiger partial charge on any atom is 0.0456 e. The zero-order valence-electron chi connectivity index (χ0n) is 7.33. The largest absolute Gasteiger partial charge is 0.357 e. The summed E-state index contributed by atoms with van der Waals surface area (Å²) in [7, 11) is 0. The Hall–Kier alpha value is -1.54. The van der Waals surface area contributed by atoms with Crippen molar-refractivity contribution in [1.29, 1.82) is 0 Å². The molecule has 0 radical (unpaired) electrons. The van der Waals surface area contributed by atoms with Crippen molar-refractivity contribution < 1.29 is 0 Å². The normalized spacial score (nSPS) is 10.2. The molecule has 3 N–H and O–H groups in total. The Kier molecular flexibility index (Phi) is 2.15. The average Bonchev–Trinajstić information content (AvgIpc) is 2.67. The van der Waals surface area contributed by atoms with E-state index in [-0.39, 0.29) is 0 Å². The molecule has 13 heavy (non-hydrogen) atoms. The third-order valence-corrected chi connectivity index (χ3v) is 2.05. The van der Waals surface area contributed by atoms with Gasteiger partial charge in [-0.2, -0.15) is 0 Å². The Labute approximate surface area is 77.4 Å². The lowest BCUT2D eigenvalue weighted by Gasteiger charge is -1.96. The standard InChI is InChI=1S/C11H12N2/c12-8-10-6-7-11(13-10)9-4-2-1-3-5-9/h1-7,13H,8,12H2. The molecule has 0 aliphatic rings. The lowest BCUT2D eigenvalue weighted by molar-refractivity contribution is 1.01. The number of aromatic amines is 1. The van der Waals surface area contributed by atoms with Gasteiger partial charge in [0.25, 0.3) is 0 Å². The number of nitrogens with one attached hydrogen (secondary N) is 1. The van der Waals surface area contributed by atoms with Crippen LogP contribution in [0, 0.1) is 0 Å². The summed E-state index contributed by atoms with van der Waals surface area (Å²) >= 11 is 0. The van der Waals surface area contributed by atoms with Crippen LogP contribution in [0.1, 0.15) is 5.69 Å². The highest BCUT2D eigenvalue weighted by Gasteiger charge is 1.98. The van der Waals surface area contributed by atoms with E-state index in [1.165, 1.54) is 5.56 Å². The predicted octanol–water partition coefficient (Wildman–Crippen LogP) is 2.14. The number of nitrogens with two attached hydrogens (primary N) is 1. The van der Waals surface area contributed by atoms with E-state index in [1.54, 1.807) is 0 Å². The second-order valence-corrected chi connectivity index (χ2v) is 2.97. The monoisotopic (exact) mass is 172 g/mol. The maximum absolute atomic E-state index is 5.51. The first-order valence-corrected chi connectivity index (χ1v) is 4.33. The van der Waals surface area contributed by atoms with Crippen molar-refractivity contribution in [3.63, 3.8) is 0 Å². The van der Waals surface area contributed by atoms with Crippen LogP contribution in [-0.4, -0.2) is 4.98 Å². The Morgan fingerprint density at radius 2 is 1.77 bits per heavy atom. The molecular formula is C11H12N2. The summed E-state index contributed by atoms with van der Waals surface area (Å²) in [5.41, 5.74) is 8.90. The molecule has 0 saturated carbocycles.